The van der Waals surface area contributed by atoms with Crippen LogP contribution >= 0.6 is 11.6 Å². The Balaban J connectivity index is 1.75. The van der Waals surface area contributed by atoms with Crippen molar-refractivity contribution in [1.29, 1.82) is 0 Å². The first-order chi connectivity index (χ1) is 8.74. The van der Waals surface area contributed by atoms with E-state index in [1.54, 1.807) is 12.1 Å². The number of hydrogen-bond acceptors (Lipinski definition) is 2. The number of rotatable bonds is 1. The minimum atomic E-state index is -0.319. The molecule has 2 fully saturated rings. The number of fused-ring (bicyclic) bond motifs is 1. The Morgan fingerprint density at radius 3 is 2.89 bits per heavy atom. The topological polar surface area (TPSA) is 6.48 Å². The molecule has 4 heteroatoms. The van der Waals surface area contributed by atoms with E-state index < -0.39 is 0 Å². The van der Waals surface area contributed by atoms with Gasteiger partial charge in [0, 0.05) is 31.4 Å². The van der Waals surface area contributed by atoms with Gasteiger partial charge in [-0.15, -0.1) is 0 Å². The lowest BCUT2D eigenvalue weighted by Crippen LogP contribution is -2.54. The number of benzene rings is 1. The van der Waals surface area contributed by atoms with Crippen LogP contribution in [0.4, 0.5) is 10.1 Å². The van der Waals surface area contributed by atoms with Crippen molar-refractivity contribution in [1.82, 2.24) is 4.90 Å². The van der Waals surface area contributed by atoms with E-state index in [0.717, 1.165) is 25.3 Å². The van der Waals surface area contributed by atoms with E-state index in [1.165, 1.54) is 25.8 Å². The van der Waals surface area contributed by atoms with Crippen LogP contribution in [-0.4, -0.2) is 37.1 Å². The molecule has 2 saturated heterocycles. The molecule has 1 aromatic carbocycles. The van der Waals surface area contributed by atoms with Crippen LogP contribution in [0.2, 0.25) is 5.02 Å². The third-order valence-corrected chi connectivity index (χ3v) is 4.41. The van der Waals surface area contributed by atoms with Crippen molar-refractivity contribution in [3.8, 4) is 0 Å². The van der Waals surface area contributed by atoms with Crippen LogP contribution < -0.4 is 4.90 Å². The largest absolute Gasteiger partial charge is 0.369 e. The van der Waals surface area contributed by atoms with Gasteiger partial charge >= 0.3 is 0 Å². The molecule has 0 bridgehead atoms. The van der Waals surface area contributed by atoms with Crippen LogP contribution in [-0.2, 0) is 0 Å². The summed E-state index contributed by atoms with van der Waals surface area (Å²) in [6.07, 6.45) is 3.92. The maximum Gasteiger partial charge on any atom is 0.143 e. The molecule has 2 aliphatic rings. The van der Waals surface area contributed by atoms with Gasteiger partial charge in [0.2, 0.25) is 0 Å². The molecule has 3 rings (SSSR count). The maximum atomic E-state index is 13.5. The van der Waals surface area contributed by atoms with E-state index in [0.29, 0.717) is 6.04 Å². The number of nitrogens with zero attached hydrogens (tertiary/aromatic N) is 2. The summed E-state index contributed by atoms with van der Waals surface area (Å²) in [5, 5.41) is 0.204. The van der Waals surface area contributed by atoms with Crippen molar-refractivity contribution in [3.63, 3.8) is 0 Å². The Bertz CT molecular complexity index is 438. The maximum absolute atomic E-state index is 13.5. The molecule has 18 heavy (non-hydrogen) atoms. The summed E-state index contributed by atoms with van der Waals surface area (Å²) in [6, 6.07) is 5.77. The quantitative estimate of drug-likeness (QED) is 0.772. The average molecular weight is 269 g/mol. The molecule has 0 amide bonds. The second kappa shape index (κ2) is 5.06. The zero-order chi connectivity index (χ0) is 12.5. The first-order valence-corrected chi connectivity index (χ1v) is 7.06. The van der Waals surface area contributed by atoms with Gasteiger partial charge in [-0.1, -0.05) is 18.0 Å². The summed E-state index contributed by atoms with van der Waals surface area (Å²) in [5.41, 5.74) is 0.960. The molecule has 0 N–H and O–H groups in total. The monoisotopic (exact) mass is 268 g/mol. The predicted molar refractivity (Wildman–Crippen MR) is 72.8 cm³/mol. The van der Waals surface area contributed by atoms with Gasteiger partial charge in [0.05, 0.1) is 5.02 Å². The van der Waals surface area contributed by atoms with E-state index in [2.05, 4.69) is 9.80 Å². The Morgan fingerprint density at radius 1 is 1.17 bits per heavy atom. The number of anilines is 1. The molecule has 1 aromatic rings. The Labute approximate surface area is 112 Å². The summed E-state index contributed by atoms with van der Waals surface area (Å²) >= 11 is 5.73. The summed E-state index contributed by atoms with van der Waals surface area (Å²) in [7, 11) is 0. The molecule has 0 aliphatic carbocycles. The van der Waals surface area contributed by atoms with E-state index in [-0.39, 0.29) is 10.8 Å². The molecular weight excluding hydrogens is 251 g/mol. The minimum Gasteiger partial charge on any atom is -0.369 e. The molecule has 2 aliphatic heterocycles. The zero-order valence-corrected chi connectivity index (χ0v) is 11.2. The number of hydrogen-bond donors (Lipinski definition) is 0. The van der Waals surface area contributed by atoms with Gasteiger partial charge in [-0.3, -0.25) is 4.90 Å². The van der Waals surface area contributed by atoms with Crippen LogP contribution in [0.25, 0.3) is 0 Å². The van der Waals surface area contributed by atoms with Gasteiger partial charge in [0.25, 0.3) is 0 Å². The molecular formula is C14H18ClFN2. The standard InChI is InChI=1S/C14H18ClFN2/c15-13-5-4-11(9-14(13)16)18-8-7-17-6-2-1-3-12(17)10-18/h4-5,9,12H,1-3,6-8,10H2. The first kappa shape index (κ1) is 12.2. The predicted octanol–water partition coefficient (Wildman–Crippen LogP) is 3.15. The number of piperazine rings is 1. The van der Waals surface area contributed by atoms with Crippen molar-refractivity contribution in [3.05, 3.63) is 29.0 Å². The Kier molecular flexibility index (Phi) is 3.44. The highest BCUT2D eigenvalue weighted by Gasteiger charge is 2.29. The lowest BCUT2D eigenvalue weighted by atomic mass is 9.99. The van der Waals surface area contributed by atoms with Crippen molar-refractivity contribution >= 4 is 17.3 Å². The summed E-state index contributed by atoms with van der Waals surface area (Å²) in [5.74, 6) is -0.319. The summed E-state index contributed by atoms with van der Waals surface area (Å²) in [4.78, 5) is 4.86. The fourth-order valence-electron chi connectivity index (χ4n) is 3.07. The minimum absolute atomic E-state index is 0.204. The van der Waals surface area contributed by atoms with Crippen molar-refractivity contribution in [2.24, 2.45) is 0 Å². The Hall–Kier alpha value is -0.800. The average Bonchev–Trinajstić information content (AvgIpc) is 2.41. The molecule has 0 aromatic heterocycles. The lowest BCUT2D eigenvalue weighted by molar-refractivity contribution is 0.133. The fourth-order valence-corrected chi connectivity index (χ4v) is 3.19. The van der Waals surface area contributed by atoms with Crippen LogP contribution in [0.15, 0.2) is 18.2 Å². The summed E-state index contributed by atoms with van der Waals surface area (Å²) in [6.45, 7) is 4.32. The fraction of sp³-hybridized carbons (Fsp3) is 0.571. The highest BCUT2D eigenvalue weighted by Crippen LogP contribution is 2.27. The van der Waals surface area contributed by atoms with Gasteiger partial charge in [-0.2, -0.15) is 0 Å². The van der Waals surface area contributed by atoms with Gasteiger partial charge in [0.1, 0.15) is 5.82 Å². The van der Waals surface area contributed by atoms with Crippen molar-refractivity contribution in [2.75, 3.05) is 31.1 Å². The highest BCUT2D eigenvalue weighted by molar-refractivity contribution is 6.30. The Morgan fingerprint density at radius 2 is 2.06 bits per heavy atom. The molecule has 0 saturated carbocycles. The molecule has 2 heterocycles. The first-order valence-electron chi connectivity index (χ1n) is 6.68. The third-order valence-electron chi connectivity index (χ3n) is 4.11. The van der Waals surface area contributed by atoms with Crippen LogP contribution in [0, 0.1) is 5.82 Å². The van der Waals surface area contributed by atoms with E-state index in [4.69, 9.17) is 11.6 Å². The molecule has 98 valence electrons. The smallest absolute Gasteiger partial charge is 0.143 e. The molecule has 0 radical (unpaired) electrons. The normalized spacial score (nSPS) is 25.0. The van der Waals surface area contributed by atoms with Crippen LogP contribution in [0.5, 0.6) is 0 Å². The molecule has 2 nitrogen and oxygen atoms in total. The highest BCUT2D eigenvalue weighted by atomic mass is 35.5. The SMILES string of the molecule is Fc1cc(N2CCN3CCCCC3C2)ccc1Cl. The zero-order valence-electron chi connectivity index (χ0n) is 10.4. The molecule has 1 unspecified atom stereocenters. The van der Waals surface area contributed by atoms with Gasteiger partial charge < -0.3 is 4.90 Å². The van der Waals surface area contributed by atoms with Crippen molar-refractivity contribution < 1.29 is 4.39 Å². The van der Waals surface area contributed by atoms with E-state index >= 15 is 0 Å². The summed E-state index contributed by atoms with van der Waals surface area (Å²) < 4.78 is 13.5. The number of halogens is 2. The van der Waals surface area contributed by atoms with Gasteiger partial charge in [-0.05, 0) is 37.6 Å². The van der Waals surface area contributed by atoms with Crippen LogP contribution in [0.1, 0.15) is 19.3 Å². The van der Waals surface area contributed by atoms with Crippen LogP contribution in [0.3, 0.4) is 0 Å². The van der Waals surface area contributed by atoms with Gasteiger partial charge in [0.15, 0.2) is 0 Å². The van der Waals surface area contributed by atoms with Crippen molar-refractivity contribution in [2.45, 2.75) is 25.3 Å². The van der Waals surface area contributed by atoms with E-state index in [9.17, 15) is 4.39 Å². The molecule has 1 atom stereocenters. The lowest BCUT2D eigenvalue weighted by Gasteiger charge is -2.44. The van der Waals surface area contributed by atoms with E-state index in [1.807, 2.05) is 6.07 Å². The van der Waals surface area contributed by atoms with Gasteiger partial charge in [-0.25, -0.2) is 4.39 Å². The third kappa shape index (κ3) is 2.34. The second-order valence-electron chi connectivity index (χ2n) is 5.23. The second-order valence-corrected chi connectivity index (χ2v) is 5.64. The number of piperidine rings is 1. The molecule has 0 spiro atoms.